The lowest BCUT2D eigenvalue weighted by molar-refractivity contribution is -0.132. The minimum absolute atomic E-state index is 0.154. The summed E-state index contributed by atoms with van der Waals surface area (Å²) in [5.74, 6) is -0.762. The van der Waals surface area contributed by atoms with Crippen LogP contribution in [-0.2, 0) is 4.79 Å². The molecule has 1 fully saturated rings. The third-order valence-corrected chi connectivity index (χ3v) is 3.56. The predicted octanol–water partition coefficient (Wildman–Crippen LogP) is 0.595. The van der Waals surface area contributed by atoms with Crippen molar-refractivity contribution >= 4 is 17.6 Å². The molecule has 0 aliphatic carbocycles. The summed E-state index contributed by atoms with van der Waals surface area (Å²) in [5.41, 5.74) is 1.29. The summed E-state index contributed by atoms with van der Waals surface area (Å²) in [4.78, 5) is 28.7. The number of hydrogen-bond acceptors (Lipinski definition) is 4. The standard InChI is InChI=1S/C15H21N3O3/c1-16(2)11-14(19)18-9-7-17(8-10-18)13-5-3-12(4-6-13)15(20)21/h3-6H,7-11H2,1-2H3,(H,20,21). The van der Waals surface area contributed by atoms with Crippen LogP contribution in [0, 0.1) is 0 Å². The second kappa shape index (κ2) is 6.58. The van der Waals surface area contributed by atoms with Crippen molar-refractivity contribution in [2.45, 2.75) is 0 Å². The molecule has 1 N–H and O–H groups in total. The largest absolute Gasteiger partial charge is 0.478 e. The molecule has 0 unspecified atom stereocenters. The van der Waals surface area contributed by atoms with Crippen LogP contribution in [0.1, 0.15) is 10.4 Å². The second-order valence-electron chi connectivity index (χ2n) is 5.46. The van der Waals surface area contributed by atoms with Crippen molar-refractivity contribution in [3.05, 3.63) is 29.8 Å². The SMILES string of the molecule is CN(C)CC(=O)N1CCN(c2ccc(C(=O)O)cc2)CC1. The molecule has 2 rings (SSSR count). The van der Waals surface area contributed by atoms with Gasteiger partial charge in [-0.15, -0.1) is 0 Å². The first-order chi connectivity index (χ1) is 9.97. The number of benzene rings is 1. The number of carboxylic acids is 1. The van der Waals surface area contributed by atoms with Crippen LogP contribution in [0.4, 0.5) is 5.69 Å². The number of hydrogen-bond donors (Lipinski definition) is 1. The van der Waals surface area contributed by atoms with Crippen molar-refractivity contribution in [2.24, 2.45) is 0 Å². The topological polar surface area (TPSA) is 64.1 Å². The molecule has 1 heterocycles. The van der Waals surface area contributed by atoms with Crippen LogP contribution in [0.15, 0.2) is 24.3 Å². The second-order valence-corrected chi connectivity index (χ2v) is 5.46. The molecule has 0 spiro atoms. The van der Waals surface area contributed by atoms with Crippen molar-refractivity contribution in [3.8, 4) is 0 Å². The summed E-state index contributed by atoms with van der Waals surface area (Å²) in [7, 11) is 3.77. The molecule has 1 aromatic rings. The molecule has 6 heteroatoms. The first-order valence-corrected chi connectivity index (χ1v) is 6.98. The van der Waals surface area contributed by atoms with E-state index < -0.39 is 5.97 Å². The van der Waals surface area contributed by atoms with Crippen LogP contribution < -0.4 is 4.90 Å². The van der Waals surface area contributed by atoms with Crippen molar-refractivity contribution in [2.75, 3.05) is 51.7 Å². The first kappa shape index (κ1) is 15.3. The van der Waals surface area contributed by atoms with Crippen molar-refractivity contribution in [1.82, 2.24) is 9.80 Å². The van der Waals surface area contributed by atoms with E-state index >= 15 is 0 Å². The Bertz CT molecular complexity index is 505. The zero-order valence-corrected chi connectivity index (χ0v) is 12.5. The van der Waals surface area contributed by atoms with E-state index in [1.165, 1.54) is 0 Å². The van der Waals surface area contributed by atoms with E-state index in [9.17, 15) is 9.59 Å². The van der Waals surface area contributed by atoms with Crippen LogP contribution in [0.5, 0.6) is 0 Å². The van der Waals surface area contributed by atoms with E-state index in [4.69, 9.17) is 5.11 Å². The maximum absolute atomic E-state index is 12.0. The Morgan fingerprint density at radius 1 is 1.10 bits per heavy atom. The van der Waals surface area contributed by atoms with Crippen molar-refractivity contribution in [3.63, 3.8) is 0 Å². The highest BCUT2D eigenvalue weighted by Crippen LogP contribution is 2.17. The minimum atomic E-state index is -0.916. The molecular formula is C15H21N3O3. The zero-order valence-electron chi connectivity index (χ0n) is 12.5. The van der Waals surface area contributed by atoms with E-state index in [1.807, 2.05) is 36.0 Å². The van der Waals surface area contributed by atoms with Crippen LogP contribution in [0.2, 0.25) is 0 Å². The number of rotatable bonds is 4. The van der Waals surface area contributed by atoms with Gasteiger partial charge in [0.15, 0.2) is 0 Å². The molecule has 0 radical (unpaired) electrons. The lowest BCUT2D eigenvalue weighted by Gasteiger charge is -2.36. The molecule has 0 aromatic heterocycles. The van der Waals surface area contributed by atoms with Crippen molar-refractivity contribution < 1.29 is 14.7 Å². The quantitative estimate of drug-likeness (QED) is 0.880. The van der Waals surface area contributed by atoms with Gasteiger partial charge < -0.3 is 19.8 Å². The summed E-state index contributed by atoms with van der Waals surface area (Å²) in [5, 5.41) is 8.89. The molecule has 1 aromatic carbocycles. The summed E-state index contributed by atoms with van der Waals surface area (Å²) in [6.07, 6.45) is 0. The number of piperazine rings is 1. The van der Waals surface area contributed by atoms with Gasteiger partial charge in [-0.25, -0.2) is 4.79 Å². The molecule has 1 aliphatic rings. The molecule has 6 nitrogen and oxygen atoms in total. The Kier molecular flexibility index (Phi) is 4.80. The lowest BCUT2D eigenvalue weighted by atomic mass is 10.2. The molecular weight excluding hydrogens is 270 g/mol. The minimum Gasteiger partial charge on any atom is -0.478 e. The van der Waals surface area contributed by atoms with Gasteiger partial charge in [-0.1, -0.05) is 0 Å². The van der Waals surface area contributed by atoms with Gasteiger partial charge in [0.1, 0.15) is 0 Å². The van der Waals surface area contributed by atoms with E-state index in [2.05, 4.69) is 4.90 Å². The van der Waals surface area contributed by atoms with E-state index in [0.29, 0.717) is 25.2 Å². The zero-order chi connectivity index (χ0) is 15.4. The molecule has 0 saturated carbocycles. The molecule has 1 saturated heterocycles. The summed E-state index contributed by atoms with van der Waals surface area (Å²) >= 11 is 0. The van der Waals surface area contributed by atoms with Gasteiger partial charge in [0.25, 0.3) is 0 Å². The van der Waals surface area contributed by atoms with Gasteiger partial charge in [-0.3, -0.25) is 4.79 Å². The number of nitrogens with zero attached hydrogens (tertiary/aromatic N) is 3. The average Bonchev–Trinajstić information content (AvgIpc) is 2.47. The number of aromatic carboxylic acids is 1. The monoisotopic (exact) mass is 291 g/mol. The smallest absolute Gasteiger partial charge is 0.335 e. The predicted molar refractivity (Wildman–Crippen MR) is 80.7 cm³/mol. The lowest BCUT2D eigenvalue weighted by Crippen LogP contribution is -2.50. The van der Waals surface area contributed by atoms with E-state index in [-0.39, 0.29) is 5.91 Å². The Balaban J connectivity index is 1.91. The average molecular weight is 291 g/mol. The Morgan fingerprint density at radius 2 is 1.67 bits per heavy atom. The Morgan fingerprint density at radius 3 is 2.14 bits per heavy atom. The normalized spacial score (nSPS) is 15.4. The number of carbonyl (C=O) groups excluding carboxylic acids is 1. The molecule has 1 amide bonds. The van der Waals surface area contributed by atoms with Gasteiger partial charge in [0.2, 0.25) is 5.91 Å². The molecule has 21 heavy (non-hydrogen) atoms. The Hall–Kier alpha value is -2.08. The fraction of sp³-hybridized carbons (Fsp3) is 0.467. The number of carbonyl (C=O) groups is 2. The van der Waals surface area contributed by atoms with E-state index in [1.54, 1.807) is 12.1 Å². The highest BCUT2D eigenvalue weighted by atomic mass is 16.4. The number of amides is 1. The maximum atomic E-state index is 12.0. The van der Waals surface area contributed by atoms with Gasteiger partial charge >= 0.3 is 5.97 Å². The van der Waals surface area contributed by atoms with Gasteiger partial charge in [-0.05, 0) is 38.4 Å². The highest BCUT2D eigenvalue weighted by Gasteiger charge is 2.21. The van der Waals surface area contributed by atoms with Crippen LogP contribution >= 0.6 is 0 Å². The molecule has 114 valence electrons. The fourth-order valence-electron chi connectivity index (χ4n) is 2.40. The summed E-state index contributed by atoms with van der Waals surface area (Å²) in [6, 6.07) is 6.87. The molecule has 0 atom stereocenters. The molecule has 0 bridgehead atoms. The van der Waals surface area contributed by atoms with Crippen LogP contribution in [-0.4, -0.2) is 73.6 Å². The summed E-state index contributed by atoms with van der Waals surface area (Å²) < 4.78 is 0. The number of likely N-dealkylation sites (N-methyl/N-ethyl adjacent to an activating group) is 1. The Labute approximate surface area is 124 Å². The fourth-order valence-corrected chi connectivity index (χ4v) is 2.40. The highest BCUT2D eigenvalue weighted by molar-refractivity contribution is 5.88. The van der Waals surface area contributed by atoms with Gasteiger partial charge in [-0.2, -0.15) is 0 Å². The van der Waals surface area contributed by atoms with Gasteiger partial charge in [0.05, 0.1) is 12.1 Å². The van der Waals surface area contributed by atoms with E-state index in [0.717, 1.165) is 18.8 Å². The maximum Gasteiger partial charge on any atom is 0.335 e. The van der Waals surface area contributed by atoms with Crippen LogP contribution in [0.3, 0.4) is 0 Å². The third kappa shape index (κ3) is 3.95. The van der Waals surface area contributed by atoms with Crippen LogP contribution in [0.25, 0.3) is 0 Å². The third-order valence-electron chi connectivity index (χ3n) is 3.56. The number of carboxylic acid groups (broad SMARTS) is 1. The molecule has 1 aliphatic heterocycles. The van der Waals surface area contributed by atoms with Crippen molar-refractivity contribution in [1.29, 1.82) is 0 Å². The summed E-state index contributed by atoms with van der Waals surface area (Å²) in [6.45, 7) is 3.38. The first-order valence-electron chi connectivity index (χ1n) is 6.98. The number of anilines is 1. The van der Waals surface area contributed by atoms with Gasteiger partial charge in [0, 0.05) is 31.9 Å².